The third kappa shape index (κ3) is 5.31. The van der Waals surface area contributed by atoms with Crippen LogP contribution in [0.1, 0.15) is 16.7 Å². The minimum Gasteiger partial charge on any atom is -0.493 e. The second-order valence-corrected chi connectivity index (χ2v) is 7.51. The van der Waals surface area contributed by atoms with Gasteiger partial charge in [0.05, 0.1) is 13.7 Å². The summed E-state index contributed by atoms with van der Waals surface area (Å²) in [6, 6.07) is 23.9. The molecular weight excluding hydrogens is 412 g/mol. The van der Waals surface area contributed by atoms with E-state index in [9.17, 15) is 0 Å². The molecule has 0 N–H and O–H groups in total. The molecule has 1 heterocycles. The van der Waals surface area contributed by atoms with Crippen LogP contribution in [0.3, 0.4) is 0 Å². The number of rotatable bonds is 8. The van der Waals surface area contributed by atoms with Crippen molar-refractivity contribution in [3.63, 3.8) is 0 Å². The fourth-order valence-electron chi connectivity index (χ4n) is 3.57. The Balaban J connectivity index is 1.48. The van der Waals surface area contributed by atoms with Crippen molar-refractivity contribution >= 4 is 5.69 Å². The number of benzene rings is 3. The Kier molecular flexibility index (Phi) is 6.87. The van der Waals surface area contributed by atoms with Crippen LogP contribution >= 0.6 is 0 Å². The van der Waals surface area contributed by atoms with E-state index >= 15 is 0 Å². The van der Waals surface area contributed by atoms with E-state index in [1.54, 1.807) is 19.4 Å². The highest BCUT2D eigenvalue weighted by Crippen LogP contribution is 2.33. The molecule has 4 aromatic rings. The number of hydrogen-bond donors (Lipinski definition) is 0. The minimum atomic E-state index is 0.272. The van der Waals surface area contributed by atoms with Crippen molar-refractivity contribution in [1.29, 1.82) is 0 Å². The van der Waals surface area contributed by atoms with Crippen molar-refractivity contribution in [3.05, 3.63) is 113 Å². The quantitative estimate of drug-likeness (QED) is 0.286. The molecule has 0 bridgehead atoms. The predicted molar refractivity (Wildman–Crippen MR) is 129 cm³/mol. The Labute approximate surface area is 194 Å². The van der Waals surface area contributed by atoms with E-state index in [1.807, 2.05) is 36.4 Å². The Bertz CT molecular complexity index is 1280. The lowest BCUT2D eigenvalue weighted by atomic mass is 9.97. The summed E-state index contributed by atoms with van der Waals surface area (Å²) in [6.45, 7) is 9.96. The van der Waals surface area contributed by atoms with Gasteiger partial charge < -0.3 is 14.2 Å². The molecule has 0 saturated heterocycles. The molecule has 1 aromatic heterocycles. The van der Waals surface area contributed by atoms with E-state index < -0.39 is 0 Å². The average Bonchev–Trinajstić information content (AvgIpc) is 2.87. The lowest BCUT2D eigenvalue weighted by Crippen LogP contribution is -2.01. The first-order valence-corrected chi connectivity index (χ1v) is 10.6. The highest BCUT2D eigenvalue weighted by atomic mass is 16.5. The summed E-state index contributed by atoms with van der Waals surface area (Å²) in [7, 11) is 1.60. The first-order chi connectivity index (χ1) is 16.2. The van der Waals surface area contributed by atoms with Gasteiger partial charge in [-0.1, -0.05) is 48.5 Å². The van der Waals surface area contributed by atoms with Crippen LogP contribution < -0.4 is 14.2 Å². The number of nitrogens with zero attached hydrogens (tertiary/aromatic N) is 2. The molecule has 0 aliphatic rings. The molecule has 5 nitrogen and oxygen atoms in total. The van der Waals surface area contributed by atoms with Crippen molar-refractivity contribution in [2.24, 2.45) is 0 Å². The largest absolute Gasteiger partial charge is 0.493 e. The van der Waals surface area contributed by atoms with Crippen LogP contribution in [0.5, 0.6) is 17.2 Å². The molecule has 0 radical (unpaired) electrons. The maximum absolute atomic E-state index is 7.13. The molecule has 164 valence electrons. The van der Waals surface area contributed by atoms with Crippen LogP contribution in [0.25, 0.3) is 16.0 Å². The third-order valence-electron chi connectivity index (χ3n) is 5.36. The molecule has 0 unspecified atom stereocenters. The van der Waals surface area contributed by atoms with Gasteiger partial charge in [0.15, 0.2) is 11.5 Å². The number of pyridine rings is 1. The molecule has 0 amide bonds. The maximum Gasteiger partial charge on any atom is 0.205 e. The van der Waals surface area contributed by atoms with E-state index in [2.05, 4.69) is 47.1 Å². The molecule has 3 aromatic carbocycles. The first-order valence-electron chi connectivity index (χ1n) is 10.6. The summed E-state index contributed by atoms with van der Waals surface area (Å²) in [5.41, 5.74) is 6.00. The van der Waals surface area contributed by atoms with E-state index in [1.165, 1.54) is 22.9 Å². The van der Waals surface area contributed by atoms with Crippen LogP contribution in [0.2, 0.25) is 0 Å². The SMILES string of the molecule is [C-]#[N+]c1cncc(COc2cc(OCc3cccc(-c4ccccc4)c3C)ccc2OC)c1. The summed E-state index contributed by atoms with van der Waals surface area (Å²) < 4.78 is 17.5. The Morgan fingerprint density at radius 1 is 0.848 bits per heavy atom. The van der Waals surface area contributed by atoms with E-state index in [-0.39, 0.29) is 6.61 Å². The fraction of sp³-hybridized carbons (Fsp3) is 0.143. The molecule has 4 rings (SSSR count). The number of aromatic nitrogens is 1. The highest BCUT2D eigenvalue weighted by Gasteiger charge is 2.10. The standard InChI is InChI=1S/C28H24N2O3/c1-20-23(10-7-11-26(20)22-8-5-4-6-9-22)19-32-25-12-13-27(31-3)28(15-25)33-18-21-14-24(29-2)17-30-16-21/h4-17H,18-19H2,1,3H3. The zero-order valence-corrected chi connectivity index (χ0v) is 18.6. The fourth-order valence-corrected chi connectivity index (χ4v) is 3.57. The molecule has 5 heteroatoms. The summed E-state index contributed by atoms with van der Waals surface area (Å²) >= 11 is 0. The van der Waals surface area contributed by atoms with Gasteiger partial charge in [-0.15, -0.1) is 0 Å². The van der Waals surface area contributed by atoms with Gasteiger partial charge in [-0.2, -0.15) is 0 Å². The third-order valence-corrected chi connectivity index (χ3v) is 5.36. The molecule has 0 aliphatic carbocycles. The van der Waals surface area contributed by atoms with Crippen LogP contribution in [0, 0.1) is 13.5 Å². The van der Waals surface area contributed by atoms with Crippen LogP contribution in [-0.4, -0.2) is 12.1 Å². The van der Waals surface area contributed by atoms with Gasteiger partial charge in [0.2, 0.25) is 5.69 Å². The molecule has 0 saturated carbocycles. The summed E-state index contributed by atoms with van der Waals surface area (Å²) in [5, 5.41) is 0. The minimum absolute atomic E-state index is 0.272. The molecule has 33 heavy (non-hydrogen) atoms. The smallest absolute Gasteiger partial charge is 0.205 e. The van der Waals surface area contributed by atoms with Crippen LogP contribution in [-0.2, 0) is 13.2 Å². The maximum atomic E-state index is 7.13. The molecule has 0 fully saturated rings. The van der Waals surface area contributed by atoms with Gasteiger partial charge in [-0.05, 0) is 52.9 Å². The van der Waals surface area contributed by atoms with Crippen LogP contribution in [0.4, 0.5) is 5.69 Å². The highest BCUT2D eigenvalue weighted by molar-refractivity contribution is 5.68. The van der Waals surface area contributed by atoms with Gasteiger partial charge in [-0.25, -0.2) is 4.85 Å². The summed E-state index contributed by atoms with van der Waals surface area (Å²) in [6.07, 6.45) is 3.21. The summed E-state index contributed by atoms with van der Waals surface area (Å²) in [4.78, 5) is 7.49. The molecule has 0 spiro atoms. The van der Waals surface area contributed by atoms with Crippen molar-refractivity contribution in [3.8, 4) is 28.4 Å². The summed E-state index contributed by atoms with van der Waals surface area (Å²) in [5.74, 6) is 1.86. The number of methoxy groups -OCH3 is 1. The van der Waals surface area contributed by atoms with Gasteiger partial charge in [0.25, 0.3) is 0 Å². The van der Waals surface area contributed by atoms with Crippen molar-refractivity contribution < 1.29 is 14.2 Å². The van der Waals surface area contributed by atoms with Crippen molar-refractivity contribution in [2.45, 2.75) is 20.1 Å². The Morgan fingerprint density at radius 3 is 2.48 bits per heavy atom. The second-order valence-electron chi connectivity index (χ2n) is 7.51. The lowest BCUT2D eigenvalue weighted by molar-refractivity contribution is 0.274. The second kappa shape index (κ2) is 10.3. The van der Waals surface area contributed by atoms with E-state index in [4.69, 9.17) is 20.8 Å². The number of ether oxygens (including phenoxy) is 3. The van der Waals surface area contributed by atoms with Crippen LogP contribution in [0.15, 0.2) is 85.2 Å². The molecule has 0 aliphatic heterocycles. The average molecular weight is 437 g/mol. The number of hydrogen-bond acceptors (Lipinski definition) is 4. The Morgan fingerprint density at radius 2 is 1.70 bits per heavy atom. The zero-order valence-electron chi connectivity index (χ0n) is 18.6. The van der Waals surface area contributed by atoms with E-state index in [0.717, 1.165) is 11.1 Å². The molecule has 0 atom stereocenters. The topological polar surface area (TPSA) is 44.9 Å². The monoisotopic (exact) mass is 436 g/mol. The Hall–Kier alpha value is -4.30. The molecular formula is C28H24N2O3. The van der Waals surface area contributed by atoms with Crippen molar-refractivity contribution in [1.82, 2.24) is 4.98 Å². The first kappa shape index (κ1) is 21.9. The van der Waals surface area contributed by atoms with Gasteiger partial charge >= 0.3 is 0 Å². The van der Waals surface area contributed by atoms with Gasteiger partial charge in [0, 0.05) is 18.5 Å². The van der Waals surface area contributed by atoms with E-state index in [0.29, 0.717) is 29.5 Å². The predicted octanol–water partition coefficient (Wildman–Crippen LogP) is 6.77. The van der Waals surface area contributed by atoms with Crippen molar-refractivity contribution in [2.75, 3.05) is 7.11 Å². The lowest BCUT2D eigenvalue weighted by Gasteiger charge is -2.15. The zero-order chi connectivity index (χ0) is 23.0. The van der Waals surface area contributed by atoms with Gasteiger partial charge in [-0.3, -0.25) is 4.98 Å². The normalized spacial score (nSPS) is 10.3. The van der Waals surface area contributed by atoms with Gasteiger partial charge in [0.1, 0.15) is 19.0 Å².